The summed E-state index contributed by atoms with van der Waals surface area (Å²) in [6.45, 7) is 3.78. The molecule has 0 amide bonds. The Labute approximate surface area is 97.3 Å². The van der Waals surface area contributed by atoms with Crippen LogP contribution in [0.1, 0.15) is 32.1 Å². The number of nitrogens with one attached hydrogen (secondary N) is 1. The van der Waals surface area contributed by atoms with Gasteiger partial charge in [-0.3, -0.25) is 0 Å². The molecule has 1 atom stereocenters. The van der Waals surface area contributed by atoms with Gasteiger partial charge in [0.05, 0.1) is 11.7 Å². The van der Waals surface area contributed by atoms with Gasteiger partial charge in [0.25, 0.3) is 0 Å². The monoisotopic (exact) mass is 229 g/mol. The molecular formula is C12H23NO3. The molecule has 0 aromatic carbocycles. The zero-order valence-electron chi connectivity index (χ0n) is 9.91. The lowest BCUT2D eigenvalue weighted by Crippen LogP contribution is -2.47. The van der Waals surface area contributed by atoms with Crippen LogP contribution in [0.5, 0.6) is 0 Å². The van der Waals surface area contributed by atoms with Crippen LogP contribution in [-0.4, -0.2) is 49.7 Å². The molecule has 2 rings (SSSR count). The molecule has 2 N–H and O–H groups in total. The van der Waals surface area contributed by atoms with E-state index in [2.05, 4.69) is 5.32 Å². The second-order valence-corrected chi connectivity index (χ2v) is 4.96. The quantitative estimate of drug-likeness (QED) is 0.744. The van der Waals surface area contributed by atoms with Crippen molar-refractivity contribution in [2.24, 2.45) is 0 Å². The first-order valence-corrected chi connectivity index (χ1v) is 6.41. The number of hydrogen-bond donors (Lipinski definition) is 2. The lowest BCUT2D eigenvalue weighted by Gasteiger charge is -2.33. The predicted octanol–water partition coefficient (Wildman–Crippen LogP) is 0.687. The van der Waals surface area contributed by atoms with Crippen molar-refractivity contribution in [1.82, 2.24) is 5.32 Å². The van der Waals surface area contributed by atoms with Gasteiger partial charge in [-0.2, -0.15) is 0 Å². The molecule has 2 aliphatic rings. The van der Waals surface area contributed by atoms with Gasteiger partial charge in [-0.1, -0.05) is 0 Å². The average Bonchev–Trinajstić information content (AvgIpc) is 2.31. The Morgan fingerprint density at radius 1 is 1.19 bits per heavy atom. The summed E-state index contributed by atoms with van der Waals surface area (Å²) in [5.41, 5.74) is -0.563. The molecule has 0 radical (unpaired) electrons. The van der Waals surface area contributed by atoms with Crippen molar-refractivity contribution in [2.75, 3.05) is 32.9 Å². The van der Waals surface area contributed by atoms with Crippen LogP contribution in [0, 0.1) is 0 Å². The van der Waals surface area contributed by atoms with Crippen molar-refractivity contribution in [3.8, 4) is 0 Å². The summed E-state index contributed by atoms with van der Waals surface area (Å²) in [4.78, 5) is 0. The van der Waals surface area contributed by atoms with Crippen LogP contribution in [0.2, 0.25) is 0 Å². The van der Waals surface area contributed by atoms with E-state index in [1.807, 2.05) is 0 Å². The van der Waals surface area contributed by atoms with Gasteiger partial charge in [-0.15, -0.1) is 0 Å². The van der Waals surface area contributed by atoms with E-state index in [-0.39, 0.29) is 0 Å². The Hall–Kier alpha value is -0.160. The third kappa shape index (κ3) is 3.70. The summed E-state index contributed by atoms with van der Waals surface area (Å²) in [5, 5.41) is 13.6. The summed E-state index contributed by atoms with van der Waals surface area (Å²) in [7, 11) is 0. The summed E-state index contributed by atoms with van der Waals surface area (Å²) < 4.78 is 10.9. The van der Waals surface area contributed by atoms with E-state index in [0.29, 0.717) is 25.9 Å². The van der Waals surface area contributed by atoms with Crippen LogP contribution in [0.25, 0.3) is 0 Å². The highest BCUT2D eigenvalue weighted by Crippen LogP contribution is 2.19. The van der Waals surface area contributed by atoms with Crippen molar-refractivity contribution in [2.45, 2.75) is 43.8 Å². The van der Waals surface area contributed by atoms with Crippen molar-refractivity contribution in [1.29, 1.82) is 0 Å². The average molecular weight is 229 g/mol. The SMILES string of the molecule is OC1(CNCC2CCCCO2)CCOCC1. The molecule has 0 saturated carbocycles. The molecule has 0 bridgehead atoms. The first kappa shape index (κ1) is 12.3. The molecule has 4 nitrogen and oxygen atoms in total. The minimum atomic E-state index is -0.563. The Morgan fingerprint density at radius 2 is 2.00 bits per heavy atom. The third-order valence-corrected chi connectivity index (χ3v) is 3.52. The molecular weight excluding hydrogens is 206 g/mol. The minimum Gasteiger partial charge on any atom is -0.388 e. The lowest BCUT2D eigenvalue weighted by molar-refractivity contribution is -0.0640. The van der Waals surface area contributed by atoms with E-state index in [1.165, 1.54) is 12.8 Å². The first-order valence-electron chi connectivity index (χ1n) is 6.41. The zero-order chi connectivity index (χ0) is 11.3. The smallest absolute Gasteiger partial charge is 0.0815 e. The lowest BCUT2D eigenvalue weighted by atomic mass is 9.94. The maximum Gasteiger partial charge on any atom is 0.0815 e. The zero-order valence-corrected chi connectivity index (χ0v) is 9.91. The van der Waals surface area contributed by atoms with Crippen LogP contribution in [0.4, 0.5) is 0 Å². The molecule has 4 heteroatoms. The minimum absolute atomic E-state index is 0.345. The summed E-state index contributed by atoms with van der Waals surface area (Å²) in [6.07, 6.45) is 5.44. The van der Waals surface area contributed by atoms with Gasteiger partial charge < -0.3 is 19.9 Å². The fourth-order valence-electron chi connectivity index (χ4n) is 2.36. The van der Waals surface area contributed by atoms with Crippen molar-refractivity contribution in [3.05, 3.63) is 0 Å². The van der Waals surface area contributed by atoms with E-state index < -0.39 is 5.60 Å². The van der Waals surface area contributed by atoms with E-state index in [4.69, 9.17) is 9.47 Å². The Kier molecular flexibility index (Phi) is 4.58. The van der Waals surface area contributed by atoms with Crippen LogP contribution >= 0.6 is 0 Å². The van der Waals surface area contributed by atoms with Crippen LogP contribution in [0.3, 0.4) is 0 Å². The Morgan fingerprint density at radius 3 is 2.69 bits per heavy atom. The summed E-state index contributed by atoms with van der Waals surface area (Å²) in [5.74, 6) is 0. The van der Waals surface area contributed by atoms with Crippen LogP contribution in [0.15, 0.2) is 0 Å². The topological polar surface area (TPSA) is 50.7 Å². The van der Waals surface area contributed by atoms with E-state index in [0.717, 1.165) is 32.4 Å². The highest BCUT2D eigenvalue weighted by molar-refractivity contribution is 4.84. The molecule has 16 heavy (non-hydrogen) atoms. The van der Waals surface area contributed by atoms with Crippen molar-refractivity contribution in [3.63, 3.8) is 0 Å². The highest BCUT2D eigenvalue weighted by atomic mass is 16.5. The third-order valence-electron chi connectivity index (χ3n) is 3.52. The normalized spacial score (nSPS) is 30.2. The molecule has 1 unspecified atom stereocenters. The molecule has 0 aromatic heterocycles. The molecule has 0 spiro atoms. The van der Waals surface area contributed by atoms with Crippen molar-refractivity contribution >= 4 is 0 Å². The largest absolute Gasteiger partial charge is 0.388 e. The van der Waals surface area contributed by atoms with Crippen molar-refractivity contribution < 1.29 is 14.6 Å². The fourth-order valence-corrected chi connectivity index (χ4v) is 2.36. The molecule has 2 aliphatic heterocycles. The molecule has 2 saturated heterocycles. The van der Waals surface area contributed by atoms with Gasteiger partial charge in [-0.25, -0.2) is 0 Å². The highest BCUT2D eigenvalue weighted by Gasteiger charge is 2.29. The number of rotatable bonds is 4. The number of hydrogen-bond acceptors (Lipinski definition) is 4. The maximum atomic E-state index is 10.2. The maximum absolute atomic E-state index is 10.2. The van der Waals surface area contributed by atoms with Crippen LogP contribution in [-0.2, 0) is 9.47 Å². The summed E-state index contributed by atoms with van der Waals surface area (Å²) >= 11 is 0. The number of ether oxygens (including phenoxy) is 2. The molecule has 94 valence electrons. The molecule has 0 aromatic rings. The Balaban J connectivity index is 1.62. The predicted molar refractivity (Wildman–Crippen MR) is 61.5 cm³/mol. The van der Waals surface area contributed by atoms with E-state index in [9.17, 15) is 5.11 Å². The van der Waals surface area contributed by atoms with Gasteiger partial charge in [0.1, 0.15) is 0 Å². The molecule has 0 aliphatic carbocycles. The fraction of sp³-hybridized carbons (Fsp3) is 1.00. The summed E-state index contributed by atoms with van der Waals surface area (Å²) in [6, 6.07) is 0. The Bertz CT molecular complexity index is 198. The van der Waals surface area contributed by atoms with Crippen LogP contribution < -0.4 is 5.32 Å². The number of aliphatic hydroxyl groups is 1. The molecule has 2 heterocycles. The van der Waals surface area contributed by atoms with E-state index in [1.54, 1.807) is 0 Å². The van der Waals surface area contributed by atoms with Gasteiger partial charge >= 0.3 is 0 Å². The van der Waals surface area contributed by atoms with E-state index >= 15 is 0 Å². The van der Waals surface area contributed by atoms with Gasteiger partial charge in [0, 0.05) is 45.8 Å². The molecule has 2 fully saturated rings. The van der Waals surface area contributed by atoms with Gasteiger partial charge in [0.15, 0.2) is 0 Å². The van der Waals surface area contributed by atoms with Gasteiger partial charge in [0.2, 0.25) is 0 Å². The first-order chi connectivity index (χ1) is 7.79. The van der Waals surface area contributed by atoms with Gasteiger partial charge in [-0.05, 0) is 19.3 Å². The standard InChI is InChI=1S/C12H23NO3/c14-12(4-7-15-8-5-12)10-13-9-11-3-1-2-6-16-11/h11,13-14H,1-10H2. The second kappa shape index (κ2) is 5.96. The second-order valence-electron chi connectivity index (χ2n) is 4.96.